The van der Waals surface area contributed by atoms with Crippen LogP contribution in [0.1, 0.15) is 59.3 Å². The number of hydrogen-bond acceptors (Lipinski definition) is 3. The predicted octanol–water partition coefficient (Wildman–Crippen LogP) is 3.15. The average Bonchev–Trinajstić information content (AvgIpc) is 2.23. The number of amides is 1. The van der Waals surface area contributed by atoms with Crippen LogP contribution in [-0.2, 0) is 9.53 Å². The van der Waals surface area contributed by atoms with Gasteiger partial charge in [-0.3, -0.25) is 4.79 Å². The molecule has 112 valence electrons. The Kier molecular flexibility index (Phi) is 2.93. The summed E-state index contributed by atoms with van der Waals surface area (Å²) < 4.78 is 5.43. The van der Waals surface area contributed by atoms with Crippen molar-refractivity contribution in [3.63, 3.8) is 0 Å². The lowest BCUT2D eigenvalue weighted by Gasteiger charge is -2.62. The highest BCUT2D eigenvalue weighted by molar-refractivity contribution is 5.86. The molecule has 1 saturated heterocycles. The molecule has 0 aromatic carbocycles. The highest BCUT2D eigenvalue weighted by Crippen LogP contribution is 2.66. The van der Waals surface area contributed by atoms with Crippen molar-refractivity contribution in [2.45, 2.75) is 64.9 Å². The number of Topliss-reactive ketones (excluding diaryl/α,β-unsaturated/α-hetero) is 1. The van der Waals surface area contributed by atoms with E-state index in [0.29, 0.717) is 16.6 Å². The number of carbonyl (C=O) groups excluding carboxylic acids is 2. The molecule has 0 radical (unpaired) electrons. The molecule has 0 N–H and O–H groups in total. The molecule has 0 aromatic heterocycles. The van der Waals surface area contributed by atoms with E-state index in [1.165, 1.54) is 12.8 Å². The highest BCUT2D eigenvalue weighted by atomic mass is 16.6. The van der Waals surface area contributed by atoms with Gasteiger partial charge in [-0.25, -0.2) is 4.79 Å². The van der Waals surface area contributed by atoms with E-state index < -0.39 is 5.60 Å². The summed E-state index contributed by atoms with van der Waals surface area (Å²) in [7, 11) is 0. The van der Waals surface area contributed by atoms with E-state index in [9.17, 15) is 9.59 Å². The van der Waals surface area contributed by atoms with Crippen molar-refractivity contribution in [1.82, 2.24) is 4.90 Å². The summed E-state index contributed by atoms with van der Waals surface area (Å²) in [5.74, 6) is 0.436. The summed E-state index contributed by atoms with van der Waals surface area (Å²) in [5.41, 5.74) is 0.365. The first-order chi connectivity index (χ1) is 9.21. The average molecular weight is 279 g/mol. The molecule has 3 rings (SSSR count). The number of rotatable bonds is 0. The van der Waals surface area contributed by atoms with Crippen LogP contribution in [0.15, 0.2) is 0 Å². The zero-order valence-electron chi connectivity index (χ0n) is 12.8. The van der Waals surface area contributed by atoms with Crippen LogP contribution in [-0.4, -0.2) is 35.5 Å². The first-order valence-electron chi connectivity index (χ1n) is 7.71. The molecule has 1 heterocycles. The van der Waals surface area contributed by atoms with Crippen LogP contribution in [0.25, 0.3) is 0 Å². The van der Waals surface area contributed by atoms with Gasteiger partial charge in [-0.05, 0) is 57.3 Å². The first-order valence-corrected chi connectivity index (χ1v) is 7.71. The standard InChI is InChI=1S/C16H25NO3/c1-14(2,3)20-13(19)17-6-4-15(5-7-17)10-16(11-15)8-12(18)9-16/h4-11H2,1-3H3. The van der Waals surface area contributed by atoms with Gasteiger partial charge in [0, 0.05) is 25.9 Å². The van der Waals surface area contributed by atoms with Crippen molar-refractivity contribution in [3.05, 3.63) is 0 Å². The summed E-state index contributed by atoms with van der Waals surface area (Å²) >= 11 is 0. The van der Waals surface area contributed by atoms with Crippen molar-refractivity contribution in [1.29, 1.82) is 0 Å². The van der Waals surface area contributed by atoms with Crippen LogP contribution in [0.2, 0.25) is 0 Å². The fourth-order valence-electron chi connectivity index (χ4n) is 4.42. The molecule has 2 aliphatic carbocycles. The van der Waals surface area contributed by atoms with Gasteiger partial charge in [0.05, 0.1) is 0 Å². The maximum Gasteiger partial charge on any atom is 0.410 e. The normalized spacial score (nSPS) is 27.1. The van der Waals surface area contributed by atoms with Gasteiger partial charge in [0.1, 0.15) is 11.4 Å². The number of carbonyl (C=O) groups is 2. The zero-order valence-corrected chi connectivity index (χ0v) is 12.8. The fourth-order valence-corrected chi connectivity index (χ4v) is 4.42. The third-order valence-electron chi connectivity index (χ3n) is 5.12. The molecule has 3 aliphatic rings. The Balaban J connectivity index is 1.49. The van der Waals surface area contributed by atoms with Crippen LogP contribution in [0.5, 0.6) is 0 Å². The molecule has 1 aliphatic heterocycles. The lowest BCUT2D eigenvalue weighted by Crippen LogP contribution is -2.58. The van der Waals surface area contributed by atoms with Gasteiger partial charge in [0.15, 0.2) is 0 Å². The Hall–Kier alpha value is -1.06. The molecule has 20 heavy (non-hydrogen) atoms. The number of ketones is 1. The van der Waals surface area contributed by atoms with Crippen molar-refractivity contribution in [2.75, 3.05) is 13.1 Å². The molecule has 1 amide bonds. The smallest absolute Gasteiger partial charge is 0.410 e. The lowest BCUT2D eigenvalue weighted by atomic mass is 9.43. The summed E-state index contributed by atoms with van der Waals surface area (Å²) in [6.07, 6.45) is 5.99. The van der Waals surface area contributed by atoms with Crippen molar-refractivity contribution in [2.24, 2.45) is 10.8 Å². The van der Waals surface area contributed by atoms with Crippen LogP contribution < -0.4 is 0 Å². The molecule has 0 unspecified atom stereocenters. The molecular weight excluding hydrogens is 254 g/mol. The maximum absolute atomic E-state index is 12.0. The van der Waals surface area contributed by atoms with Crippen molar-refractivity contribution >= 4 is 11.9 Å². The summed E-state index contributed by atoms with van der Waals surface area (Å²) in [6, 6.07) is 0. The maximum atomic E-state index is 12.0. The molecule has 2 spiro atoms. The van der Waals surface area contributed by atoms with Gasteiger partial charge >= 0.3 is 6.09 Å². The fraction of sp³-hybridized carbons (Fsp3) is 0.875. The molecule has 2 saturated carbocycles. The Morgan fingerprint density at radius 2 is 1.65 bits per heavy atom. The van der Waals surface area contributed by atoms with Crippen LogP contribution in [0, 0.1) is 10.8 Å². The second kappa shape index (κ2) is 4.22. The number of likely N-dealkylation sites (tertiary alicyclic amines) is 1. The van der Waals surface area contributed by atoms with E-state index in [1.54, 1.807) is 0 Å². The summed E-state index contributed by atoms with van der Waals surface area (Å²) in [6.45, 7) is 7.32. The molecule has 4 heteroatoms. The Morgan fingerprint density at radius 3 is 2.10 bits per heavy atom. The monoisotopic (exact) mass is 279 g/mol. The topological polar surface area (TPSA) is 46.6 Å². The van der Waals surface area contributed by atoms with Crippen molar-refractivity contribution < 1.29 is 14.3 Å². The number of ether oxygens (including phenoxy) is 1. The van der Waals surface area contributed by atoms with E-state index in [1.807, 2.05) is 25.7 Å². The van der Waals surface area contributed by atoms with Gasteiger partial charge in [-0.15, -0.1) is 0 Å². The first kappa shape index (κ1) is 13.9. The quantitative estimate of drug-likeness (QED) is 0.684. The van der Waals surface area contributed by atoms with E-state index in [0.717, 1.165) is 38.8 Å². The second-order valence-electron chi connectivity index (χ2n) is 8.21. The minimum Gasteiger partial charge on any atom is -0.444 e. The second-order valence-corrected chi connectivity index (χ2v) is 8.21. The lowest BCUT2D eigenvalue weighted by molar-refractivity contribution is -0.158. The van der Waals surface area contributed by atoms with Crippen LogP contribution in [0.4, 0.5) is 4.79 Å². The van der Waals surface area contributed by atoms with Gasteiger partial charge in [0.25, 0.3) is 0 Å². The number of nitrogens with zero attached hydrogens (tertiary/aromatic N) is 1. The highest BCUT2D eigenvalue weighted by Gasteiger charge is 2.60. The number of piperidine rings is 1. The van der Waals surface area contributed by atoms with Crippen LogP contribution in [0.3, 0.4) is 0 Å². The van der Waals surface area contributed by atoms with Gasteiger partial charge in [-0.2, -0.15) is 0 Å². The van der Waals surface area contributed by atoms with E-state index in [2.05, 4.69) is 0 Å². The molecule has 0 atom stereocenters. The van der Waals surface area contributed by atoms with E-state index in [-0.39, 0.29) is 6.09 Å². The van der Waals surface area contributed by atoms with Crippen LogP contribution >= 0.6 is 0 Å². The largest absolute Gasteiger partial charge is 0.444 e. The molecule has 4 nitrogen and oxygen atoms in total. The Morgan fingerprint density at radius 1 is 1.10 bits per heavy atom. The minimum atomic E-state index is -0.418. The van der Waals surface area contributed by atoms with E-state index in [4.69, 9.17) is 4.74 Å². The molecule has 0 aromatic rings. The molecule has 0 bridgehead atoms. The summed E-state index contributed by atoms with van der Waals surface area (Å²) in [5, 5.41) is 0. The van der Waals surface area contributed by atoms with E-state index >= 15 is 0 Å². The van der Waals surface area contributed by atoms with Gasteiger partial charge in [0.2, 0.25) is 0 Å². The Bertz CT molecular complexity index is 423. The minimum absolute atomic E-state index is 0.180. The molecular formula is C16H25NO3. The van der Waals surface area contributed by atoms with Crippen molar-refractivity contribution in [3.8, 4) is 0 Å². The van der Waals surface area contributed by atoms with Gasteiger partial charge in [-0.1, -0.05) is 0 Å². The van der Waals surface area contributed by atoms with Gasteiger partial charge < -0.3 is 9.64 Å². The summed E-state index contributed by atoms with van der Waals surface area (Å²) in [4.78, 5) is 25.1. The number of hydrogen-bond donors (Lipinski definition) is 0. The SMILES string of the molecule is CC(C)(C)OC(=O)N1CCC2(CC1)CC1(CC(=O)C1)C2. The predicted molar refractivity (Wildman–Crippen MR) is 75.4 cm³/mol. The third kappa shape index (κ3) is 2.45. The zero-order chi connectivity index (χ0) is 14.6. The Labute approximate surface area is 120 Å². The molecule has 3 fully saturated rings. The third-order valence-corrected chi connectivity index (χ3v) is 5.12.